The third-order valence-corrected chi connectivity index (χ3v) is 5.63. The van der Waals surface area contributed by atoms with Crippen molar-refractivity contribution in [2.75, 3.05) is 38.6 Å². The second-order valence-electron chi connectivity index (χ2n) is 7.86. The van der Waals surface area contributed by atoms with E-state index in [-0.39, 0.29) is 0 Å². The van der Waals surface area contributed by atoms with E-state index in [0.29, 0.717) is 11.7 Å². The van der Waals surface area contributed by atoms with Crippen LogP contribution in [0.5, 0.6) is 5.75 Å². The van der Waals surface area contributed by atoms with E-state index in [1.165, 1.54) is 5.56 Å². The van der Waals surface area contributed by atoms with Crippen molar-refractivity contribution in [3.05, 3.63) is 54.1 Å². The first kappa shape index (κ1) is 20.3. The van der Waals surface area contributed by atoms with Crippen molar-refractivity contribution in [3.63, 3.8) is 0 Å². The molecule has 1 aliphatic rings. The molecule has 0 atom stereocenters. The van der Waals surface area contributed by atoms with Crippen LogP contribution in [0.1, 0.15) is 11.3 Å². The molecule has 0 bridgehead atoms. The molecule has 3 aromatic heterocycles. The van der Waals surface area contributed by atoms with Gasteiger partial charge in [-0.1, -0.05) is 6.07 Å². The molecular formula is C23H26N8O. The number of benzene rings is 1. The van der Waals surface area contributed by atoms with Crippen LogP contribution in [-0.4, -0.2) is 63.1 Å². The Morgan fingerprint density at radius 3 is 2.81 bits per heavy atom. The van der Waals surface area contributed by atoms with Crippen LogP contribution in [-0.2, 0) is 6.54 Å². The van der Waals surface area contributed by atoms with Gasteiger partial charge in [-0.25, -0.2) is 19.9 Å². The van der Waals surface area contributed by atoms with Gasteiger partial charge in [-0.15, -0.1) is 0 Å². The highest BCUT2D eigenvalue weighted by atomic mass is 16.5. The number of aryl methyl sites for hydroxylation is 1. The topological polar surface area (TPSA) is 104 Å². The average molecular weight is 431 g/mol. The number of anilines is 2. The van der Waals surface area contributed by atoms with Gasteiger partial charge in [0.25, 0.3) is 0 Å². The lowest BCUT2D eigenvalue weighted by atomic mass is 10.1. The van der Waals surface area contributed by atoms with Gasteiger partial charge in [0.2, 0.25) is 5.95 Å². The lowest BCUT2D eigenvalue weighted by Gasteiger charge is -2.27. The molecule has 4 aromatic rings. The molecule has 9 nitrogen and oxygen atoms in total. The zero-order valence-electron chi connectivity index (χ0n) is 18.2. The number of nitrogens with zero attached hydrogens (tertiary/aromatic N) is 5. The third-order valence-electron chi connectivity index (χ3n) is 5.63. The van der Waals surface area contributed by atoms with Crippen molar-refractivity contribution >= 4 is 22.8 Å². The fourth-order valence-corrected chi connectivity index (χ4v) is 4.02. The van der Waals surface area contributed by atoms with Crippen molar-refractivity contribution in [2.45, 2.75) is 13.5 Å². The van der Waals surface area contributed by atoms with Gasteiger partial charge >= 0.3 is 0 Å². The first-order valence-corrected chi connectivity index (χ1v) is 10.7. The SMILES string of the molecule is COc1c(C)ncnc1-c1ccc2nc(Nc3cc(CN4CCNCC4)ccn3)[nH]c2c1. The Balaban J connectivity index is 1.37. The summed E-state index contributed by atoms with van der Waals surface area (Å²) in [6.07, 6.45) is 3.39. The number of pyridine rings is 1. The Kier molecular flexibility index (Phi) is 5.66. The fourth-order valence-electron chi connectivity index (χ4n) is 4.02. The lowest BCUT2D eigenvalue weighted by Crippen LogP contribution is -2.42. The molecule has 164 valence electrons. The number of aromatic nitrogens is 5. The van der Waals surface area contributed by atoms with Crippen LogP contribution in [0.2, 0.25) is 0 Å². The van der Waals surface area contributed by atoms with E-state index in [9.17, 15) is 0 Å². The Labute approximate surface area is 186 Å². The second-order valence-corrected chi connectivity index (χ2v) is 7.86. The van der Waals surface area contributed by atoms with Crippen LogP contribution in [0.3, 0.4) is 0 Å². The van der Waals surface area contributed by atoms with Gasteiger partial charge in [-0.2, -0.15) is 0 Å². The monoisotopic (exact) mass is 430 g/mol. The predicted octanol–water partition coefficient (Wildman–Crippen LogP) is 2.88. The van der Waals surface area contributed by atoms with Gasteiger partial charge in [0.05, 0.1) is 23.8 Å². The van der Waals surface area contributed by atoms with Gasteiger partial charge in [-0.05, 0) is 36.8 Å². The molecule has 4 heterocycles. The smallest absolute Gasteiger partial charge is 0.206 e. The quantitative estimate of drug-likeness (QED) is 0.429. The number of fused-ring (bicyclic) bond motifs is 1. The van der Waals surface area contributed by atoms with E-state index >= 15 is 0 Å². The average Bonchev–Trinajstić information content (AvgIpc) is 3.21. The summed E-state index contributed by atoms with van der Waals surface area (Å²) in [6.45, 7) is 7.03. The summed E-state index contributed by atoms with van der Waals surface area (Å²) >= 11 is 0. The highest BCUT2D eigenvalue weighted by molar-refractivity contribution is 5.84. The van der Waals surface area contributed by atoms with Crippen LogP contribution in [0.25, 0.3) is 22.3 Å². The van der Waals surface area contributed by atoms with Crippen LogP contribution in [0.15, 0.2) is 42.9 Å². The van der Waals surface area contributed by atoms with Crippen molar-refractivity contribution in [2.24, 2.45) is 0 Å². The number of methoxy groups -OCH3 is 1. The van der Waals surface area contributed by atoms with E-state index in [1.54, 1.807) is 13.4 Å². The molecule has 0 aliphatic carbocycles. The number of nitrogens with one attached hydrogen (secondary N) is 3. The lowest BCUT2D eigenvalue weighted by molar-refractivity contribution is 0.233. The van der Waals surface area contributed by atoms with Gasteiger partial charge in [0, 0.05) is 44.5 Å². The summed E-state index contributed by atoms with van der Waals surface area (Å²) in [4.78, 5) is 23.5. The van der Waals surface area contributed by atoms with Crippen LogP contribution < -0.4 is 15.4 Å². The van der Waals surface area contributed by atoms with E-state index in [4.69, 9.17) is 4.74 Å². The highest BCUT2D eigenvalue weighted by Gasteiger charge is 2.14. The van der Waals surface area contributed by atoms with Crippen molar-refractivity contribution in [1.29, 1.82) is 0 Å². The maximum absolute atomic E-state index is 5.51. The summed E-state index contributed by atoms with van der Waals surface area (Å²) in [5.41, 5.74) is 5.49. The number of imidazole rings is 1. The molecular weight excluding hydrogens is 404 g/mol. The maximum atomic E-state index is 5.51. The Bertz CT molecular complexity index is 1230. The molecule has 1 aliphatic heterocycles. The number of piperazine rings is 1. The van der Waals surface area contributed by atoms with E-state index < -0.39 is 0 Å². The van der Waals surface area contributed by atoms with Crippen LogP contribution in [0.4, 0.5) is 11.8 Å². The van der Waals surface area contributed by atoms with E-state index in [0.717, 1.165) is 66.5 Å². The van der Waals surface area contributed by atoms with Gasteiger partial charge in [0.15, 0.2) is 5.75 Å². The predicted molar refractivity (Wildman–Crippen MR) is 124 cm³/mol. The molecule has 0 radical (unpaired) electrons. The molecule has 1 fully saturated rings. The third kappa shape index (κ3) is 4.25. The molecule has 0 amide bonds. The van der Waals surface area contributed by atoms with Crippen molar-refractivity contribution in [3.8, 4) is 17.0 Å². The minimum atomic E-state index is 0.648. The number of rotatable bonds is 6. The Morgan fingerprint density at radius 2 is 1.97 bits per heavy atom. The number of aromatic amines is 1. The fraction of sp³-hybridized carbons (Fsp3) is 0.304. The number of ether oxygens (including phenoxy) is 1. The zero-order chi connectivity index (χ0) is 21.9. The molecule has 0 unspecified atom stereocenters. The molecule has 0 spiro atoms. The standard InChI is InChI=1S/C23H26N8O/c1-15-22(32-2)21(27-14-26-15)17-3-4-18-19(12-17)29-23(28-18)30-20-11-16(5-6-25-20)13-31-9-7-24-8-10-31/h3-6,11-12,14,24H,7-10,13H2,1-2H3,(H2,25,28,29,30). The minimum absolute atomic E-state index is 0.648. The normalized spacial score (nSPS) is 14.6. The van der Waals surface area contributed by atoms with Gasteiger partial charge in [-0.3, -0.25) is 4.90 Å². The van der Waals surface area contributed by atoms with Gasteiger partial charge < -0.3 is 20.4 Å². The highest BCUT2D eigenvalue weighted by Crippen LogP contribution is 2.31. The van der Waals surface area contributed by atoms with Crippen LogP contribution in [0, 0.1) is 6.92 Å². The number of hydrogen-bond acceptors (Lipinski definition) is 8. The maximum Gasteiger partial charge on any atom is 0.206 e. The zero-order valence-corrected chi connectivity index (χ0v) is 18.2. The summed E-state index contributed by atoms with van der Waals surface area (Å²) < 4.78 is 5.51. The first-order chi connectivity index (χ1) is 15.7. The van der Waals surface area contributed by atoms with Crippen LogP contribution >= 0.6 is 0 Å². The summed E-state index contributed by atoms with van der Waals surface area (Å²) in [5.74, 6) is 2.09. The first-order valence-electron chi connectivity index (χ1n) is 10.7. The molecule has 1 aromatic carbocycles. The van der Waals surface area contributed by atoms with Crippen molar-refractivity contribution < 1.29 is 4.74 Å². The Hall–Kier alpha value is -3.56. The summed E-state index contributed by atoms with van der Waals surface area (Å²) in [6, 6.07) is 10.1. The number of H-pyrrole nitrogens is 1. The minimum Gasteiger partial charge on any atom is -0.493 e. The summed E-state index contributed by atoms with van der Waals surface area (Å²) in [7, 11) is 1.63. The number of hydrogen-bond donors (Lipinski definition) is 3. The molecule has 5 rings (SSSR count). The van der Waals surface area contributed by atoms with Crippen molar-refractivity contribution in [1.82, 2.24) is 35.1 Å². The molecule has 32 heavy (non-hydrogen) atoms. The van der Waals surface area contributed by atoms with Gasteiger partial charge in [0.1, 0.15) is 17.8 Å². The molecule has 0 saturated carbocycles. The summed E-state index contributed by atoms with van der Waals surface area (Å²) in [5, 5.41) is 6.69. The second kappa shape index (κ2) is 8.89. The molecule has 1 saturated heterocycles. The Morgan fingerprint density at radius 1 is 1.09 bits per heavy atom. The molecule has 3 N–H and O–H groups in total. The largest absolute Gasteiger partial charge is 0.493 e. The van der Waals surface area contributed by atoms with E-state index in [1.807, 2.05) is 31.3 Å². The molecule has 9 heteroatoms. The van der Waals surface area contributed by atoms with E-state index in [2.05, 4.69) is 52.6 Å².